The van der Waals surface area contributed by atoms with Gasteiger partial charge in [-0.05, 0) is 115 Å². The number of hydrogen-bond donors (Lipinski definition) is 1. The molecule has 8 fully saturated rings. The molecule has 0 heterocycles. The van der Waals surface area contributed by atoms with Crippen LogP contribution >= 0.6 is 0 Å². The Bertz CT molecular complexity index is 770. The highest BCUT2D eigenvalue weighted by molar-refractivity contribution is 5.76. The van der Waals surface area contributed by atoms with E-state index in [1.54, 1.807) is 0 Å². The molecule has 4 atom stereocenters. The lowest BCUT2D eigenvalue weighted by Gasteiger charge is -2.79. The molecule has 0 radical (unpaired) electrons. The van der Waals surface area contributed by atoms with E-state index in [2.05, 4.69) is 27.7 Å². The third-order valence-electron chi connectivity index (χ3n) is 13.2. The highest BCUT2D eigenvalue weighted by Gasteiger charge is 2.76. The number of carboxylic acids is 1. The first kappa shape index (κ1) is 21.0. The molecule has 8 rings (SSSR count). The molecule has 8 saturated carbocycles. The normalized spacial score (nSPS) is 58.8. The van der Waals surface area contributed by atoms with Gasteiger partial charge >= 0.3 is 5.97 Å². The third-order valence-corrected chi connectivity index (χ3v) is 13.2. The van der Waals surface area contributed by atoms with Crippen LogP contribution in [0.15, 0.2) is 0 Å². The molecule has 8 aliphatic rings. The topological polar surface area (TPSA) is 37.3 Å². The molecule has 0 spiro atoms. The van der Waals surface area contributed by atoms with Crippen LogP contribution in [0, 0.1) is 43.8 Å². The van der Waals surface area contributed by atoms with Gasteiger partial charge in [0.25, 0.3) is 0 Å². The fourth-order valence-corrected chi connectivity index (χ4v) is 12.8. The zero-order valence-electron chi connectivity index (χ0n) is 20.7. The van der Waals surface area contributed by atoms with E-state index in [0.717, 1.165) is 25.2 Å². The Labute approximate surface area is 190 Å². The molecular weight excluding hydrogens is 380 g/mol. The van der Waals surface area contributed by atoms with Crippen LogP contribution in [0.25, 0.3) is 0 Å². The SMILES string of the molecule is CCC12CC3CC(CC)(C1)CC(C14CC5(CC)CC(CC)(CC(C(=O)O)(C5)C1)C4)(C3)C2. The minimum absolute atomic E-state index is 0.297. The molecule has 4 unspecified atom stereocenters. The van der Waals surface area contributed by atoms with Gasteiger partial charge in [0.2, 0.25) is 0 Å². The summed E-state index contributed by atoms with van der Waals surface area (Å²) in [6, 6.07) is 0. The van der Waals surface area contributed by atoms with E-state index in [4.69, 9.17) is 0 Å². The second-order valence-corrected chi connectivity index (χ2v) is 14.6. The van der Waals surface area contributed by atoms with Crippen LogP contribution < -0.4 is 0 Å². The van der Waals surface area contributed by atoms with E-state index in [0.29, 0.717) is 32.5 Å². The Morgan fingerprint density at radius 1 is 0.613 bits per heavy atom. The predicted octanol–water partition coefficient (Wildman–Crippen LogP) is 7.99. The summed E-state index contributed by atoms with van der Waals surface area (Å²) in [6.07, 6.45) is 20.9. The zero-order chi connectivity index (χ0) is 22.0. The van der Waals surface area contributed by atoms with Crippen LogP contribution in [0.4, 0.5) is 0 Å². The van der Waals surface area contributed by atoms with Crippen molar-refractivity contribution < 1.29 is 9.90 Å². The fraction of sp³-hybridized carbons (Fsp3) is 0.966. The minimum Gasteiger partial charge on any atom is -0.481 e. The summed E-state index contributed by atoms with van der Waals surface area (Å²) in [4.78, 5) is 13.0. The summed E-state index contributed by atoms with van der Waals surface area (Å²) in [7, 11) is 0. The summed E-state index contributed by atoms with van der Waals surface area (Å²) in [6.45, 7) is 9.73. The molecule has 0 saturated heterocycles. The Balaban J connectivity index is 1.53. The molecule has 0 amide bonds. The van der Waals surface area contributed by atoms with E-state index >= 15 is 0 Å². The first-order valence-corrected chi connectivity index (χ1v) is 13.8. The van der Waals surface area contributed by atoms with Crippen molar-refractivity contribution in [3.8, 4) is 0 Å². The average Bonchev–Trinajstić information content (AvgIpc) is 2.72. The van der Waals surface area contributed by atoms with Crippen molar-refractivity contribution >= 4 is 5.97 Å². The van der Waals surface area contributed by atoms with Crippen LogP contribution in [0.1, 0.15) is 130 Å². The van der Waals surface area contributed by atoms with Crippen molar-refractivity contribution in [2.75, 3.05) is 0 Å². The van der Waals surface area contributed by atoms with Gasteiger partial charge in [0.1, 0.15) is 0 Å². The largest absolute Gasteiger partial charge is 0.481 e. The maximum absolute atomic E-state index is 13.0. The second-order valence-electron chi connectivity index (χ2n) is 14.6. The van der Waals surface area contributed by atoms with Crippen LogP contribution in [-0.2, 0) is 4.79 Å². The summed E-state index contributed by atoms with van der Waals surface area (Å²) >= 11 is 0. The molecular formula is C29H46O2. The lowest BCUT2D eigenvalue weighted by atomic mass is 9.25. The lowest BCUT2D eigenvalue weighted by molar-refractivity contribution is -0.292. The molecule has 0 aliphatic heterocycles. The Kier molecular flexibility index (Phi) is 4.02. The molecule has 0 aromatic carbocycles. The van der Waals surface area contributed by atoms with Gasteiger partial charge in [-0.25, -0.2) is 0 Å². The van der Waals surface area contributed by atoms with Gasteiger partial charge in [-0.1, -0.05) is 53.4 Å². The van der Waals surface area contributed by atoms with E-state index in [-0.39, 0.29) is 0 Å². The lowest BCUT2D eigenvalue weighted by Crippen LogP contribution is -2.70. The highest BCUT2D eigenvalue weighted by Crippen LogP contribution is 2.85. The van der Waals surface area contributed by atoms with Gasteiger partial charge in [0.05, 0.1) is 5.41 Å². The molecule has 8 aliphatic carbocycles. The molecule has 2 heteroatoms. The summed E-state index contributed by atoms with van der Waals surface area (Å²) in [5.41, 5.74) is 2.02. The molecule has 8 bridgehead atoms. The minimum atomic E-state index is -0.438. The quantitative estimate of drug-likeness (QED) is 0.467. The Morgan fingerprint density at radius 3 is 1.52 bits per heavy atom. The highest BCUT2D eigenvalue weighted by atomic mass is 16.4. The van der Waals surface area contributed by atoms with Crippen LogP contribution in [0.5, 0.6) is 0 Å². The summed E-state index contributed by atoms with van der Waals surface area (Å²) in [5.74, 6) is 0.479. The van der Waals surface area contributed by atoms with E-state index in [1.807, 2.05) is 0 Å². The molecule has 0 aromatic heterocycles. The third kappa shape index (κ3) is 2.44. The maximum atomic E-state index is 13.0. The van der Waals surface area contributed by atoms with Gasteiger partial charge < -0.3 is 5.11 Å². The van der Waals surface area contributed by atoms with Crippen LogP contribution in [-0.4, -0.2) is 11.1 Å². The summed E-state index contributed by atoms with van der Waals surface area (Å²) in [5, 5.41) is 10.7. The average molecular weight is 427 g/mol. The van der Waals surface area contributed by atoms with Crippen LogP contribution in [0.2, 0.25) is 0 Å². The fourth-order valence-electron chi connectivity index (χ4n) is 12.8. The number of carbonyl (C=O) groups is 1. The van der Waals surface area contributed by atoms with Crippen LogP contribution in [0.3, 0.4) is 0 Å². The number of carboxylic acid groups (broad SMARTS) is 1. The van der Waals surface area contributed by atoms with E-state index in [1.165, 1.54) is 83.5 Å². The van der Waals surface area contributed by atoms with E-state index in [9.17, 15) is 9.90 Å². The standard InChI is InChI=1S/C29H46O2/c1-5-23-9-21-10-24(6-2,12-23)17-28(11-21,16-23)29-18-25(7-3)13-26(8-4,19-29)15-27(14-25,20-29)22(30)31/h21H,5-20H2,1-4H3,(H,30,31). The molecule has 0 aromatic rings. The Hall–Kier alpha value is -0.530. The van der Waals surface area contributed by atoms with E-state index < -0.39 is 11.4 Å². The number of hydrogen-bond acceptors (Lipinski definition) is 1. The molecule has 1 N–H and O–H groups in total. The first-order chi connectivity index (χ1) is 14.6. The van der Waals surface area contributed by atoms with Gasteiger partial charge in [0.15, 0.2) is 0 Å². The predicted molar refractivity (Wildman–Crippen MR) is 125 cm³/mol. The van der Waals surface area contributed by atoms with Gasteiger partial charge in [0, 0.05) is 0 Å². The Morgan fingerprint density at radius 2 is 1.06 bits per heavy atom. The maximum Gasteiger partial charge on any atom is 0.309 e. The second kappa shape index (κ2) is 5.93. The monoisotopic (exact) mass is 426 g/mol. The van der Waals surface area contributed by atoms with Crippen molar-refractivity contribution in [2.45, 2.75) is 130 Å². The van der Waals surface area contributed by atoms with Gasteiger partial charge in [-0.15, -0.1) is 0 Å². The smallest absolute Gasteiger partial charge is 0.309 e. The first-order valence-electron chi connectivity index (χ1n) is 13.8. The summed E-state index contributed by atoms with van der Waals surface area (Å²) < 4.78 is 0. The van der Waals surface area contributed by atoms with Crippen molar-refractivity contribution in [1.29, 1.82) is 0 Å². The number of aliphatic carboxylic acids is 1. The van der Waals surface area contributed by atoms with Crippen molar-refractivity contribution in [1.82, 2.24) is 0 Å². The molecule has 31 heavy (non-hydrogen) atoms. The van der Waals surface area contributed by atoms with Crippen molar-refractivity contribution in [3.63, 3.8) is 0 Å². The van der Waals surface area contributed by atoms with Gasteiger partial charge in [-0.3, -0.25) is 4.79 Å². The molecule has 2 nitrogen and oxygen atoms in total. The van der Waals surface area contributed by atoms with Crippen molar-refractivity contribution in [3.05, 3.63) is 0 Å². The number of rotatable bonds is 6. The van der Waals surface area contributed by atoms with Gasteiger partial charge in [-0.2, -0.15) is 0 Å². The molecule has 174 valence electrons. The van der Waals surface area contributed by atoms with Crippen molar-refractivity contribution in [2.24, 2.45) is 43.8 Å². The zero-order valence-corrected chi connectivity index (χ0v) is 20.7.